The van der Waals surface area contributed by atoms with E-state index in [2.05, 4.69) is 39.8 Å². The van der Waals surface area contributed by atoms with Gasteiger partial charge in [-0.1, -0.05) is 12.1 Å². The molecule has 0 unspecified atom stereocenters. The fourth-order valence-electron chi connectivity index (χ4n) is 1.10. The molecule has 0 aromatic heterocycles. The van der Waals surface area contributed by atoms with E-state index >= 15 is 0 Å². The lowest BCUT2D eigenvalue weighted by molar-refractivity contribution is 0.824. The average Bonchev–Trinajstić information content (AvgIpc) is 1.84. The second-order valence-electron chi connectivity index (χ2n) is 3.02. The molecule has 0 aliphatic carbocycles. The van der Waals surface area contributed by atoms with E-state index in [1.807, 2.05) is 0 Å². The fraction of sp³-hybridized carbons (Fsp3) is 0.400. The molecule has 0 saturated heterocycles. The Hall–Kier alpha value is -0.860. The standard InChI is InChI=1S/C10H14.H3N.H2O/c1-7-5-9(3)10(4)6-8(7)2;;/h5-6H,1-4H3;1H3;1H2. The van der Waals surface area contributed by atoms with Crippen LogP contribution >= 0.6 is 0 Å². The van der Waals surface area contributed by atoms with E-state index in [4.69, 9.17) is 0 Å². The van der Waals surface area contributed by atoms with E-state index in [0.29, 0.717) is 0 Å². The van der Waals surface area contributed by atoms with Crippen LogP contribution in [0.4, 0.5) is 0 Å². The number of hydrogen-bond donors (Lipinski definition) is 1. The molecule has 0 fully saturated rings. The Morgan fingerprint density at radius 3 is 1.00 bits per heavy atom. The third-order valence-corrected chi connectivity index (χ3v) is 2.11. The van der Waals surface area contributed by atoms with Gasteiger partial charge in [0.05, 0.1) is 0 Å². The highest BCUT2D eigenvalue weighted by Crippen LogP contribution is 2.13. The molecule has 2 nitrogen and oxygen atoms in total. The summed E-state index contributed by atoms with van der Waals surface area (Å²) in [5, 5.41) is 0. The minimum absolute atomic E-state index is 0. The second-order valence-corrected chi connectivity index (χ2v) is 3.02. The molecule has 1 aromatic carbocycles. The molecule has 0 aliphatic heterocycles. The second kappa shape index (κ2) is 4.91. The van der Waals surface area contributed by atoms with Crippen LogP contribution in [0, 0.1) is 27.7 Å². The Morgan fingerprint density at radius 1 is 0.667 bits per heavy atom. The van der Waals surface area contributed by atoms with Crippen molar-refractivity contribution in [2.45, 2.75) is 27.7 Å². The van der Waals surface area contributed by atoms with Gasteiger partial charge < -0.3 is 11.6 Å². The molecule has 0 amide bonds. The van der Waals surface area contributed by atoms with Crippen molar-refractivity contribution in [1.29, 1.82) is 0 Å². The maximum atomic E-state index is 2.24. The lowest BCUT2D eigenvalue weighted by Crippen LogP contribution is -1.86. The zero-order valence-corrected chi connectivity index (χ0v) is 8.36. The SMILES string of the molecule is Cc1cc(C)c(C)cc1C.N.O. The fourth-order valence-corrected chi connectivity index (χ4v) is 1.10. The van der Waals surface area contributed by atoms with Gasteiger partial charge >= 0.3 is 0 Å². The summed E-state index contributed by atoms with van der Waals surface area (Å²) in [6, 6.07) is 4.48. The van der Waals surface area contributed by atoms with Crippen LogP contribution in [0.15, 0.2) is 12.1 Å². The molecule has 2 heteroatoms. The van der Waals surface area contributed by atoms with Gasteiger partial charge in [-0.05, 0) is 49.9 Å². The molecule has 1 aromatic rings. The molecule has 0 heterocycles. The van der Waals surface area contributed by atoms with Crippen molar-refractivity contribution < 1.29 is 5.48 Å². The van der Waals surface area contributed by atoms with E-state index in [9.17, 15) is 0 Å². The number of benzene rings is 1. The highest BCUT2D eigenvalue weighted by atomic mass is 16.0. The van der Waals surface area contributed by atoms with Crippen LogP contribution in [-0.2, 0) is 0 Å². The first-order chi connectivity index (χ1) is 4.61. The normalized spacial score (nSPS) is 8.33. The molecule has 70 valence electrons. The first kappa shape index (κ1) is 13.7. The monoisotopic (exact) mass is 169 g/mol. The molecule has 0 saturated carbocycles. The number of aryl methyl sites for hydroxylation is 4. The molecule has 0 spiro atoms. The summed E-state index contributed by atoms with van der Waals surface area (Å²) in [5.41, 5.74) is 5.57. The average molecular weight is 169 g/mol. The Kier molecular flexibility index (Phi) is 5.61. The third-order valence-electron chi connectivity index (χ3n) is 2.11. The third kappa shape index (κ3) is 2.64. The maximum Gasteiger partial charge on any atom is -0.0395 e. The quantitative estimate of drug-likeness (QED) is 0.636. The summed E-state index contributed by atoms with van der Waals surface area (Å²) < 4.78 is 0. The maximum absolute atomic E-state index is 2.24. The van der Waals surface area contributed by atoms with E-state index in [0.717, 1.165) is 0 Å². The first-order valence-corrected chi connectivity index (χ1v) is 3.65. The van der Waals surface area contributed by atoms with Crippen LogP contribution in [0.5, 0.6) is 0 Å². The van der Waals surface area contributed by atoms with Gasteiger partial charge in [0.2, 0.25) is 0 Å². The van der Waals surface area contributed by atoms with Crippen molar-refractivity contribution in [2.75, 3.05) is 0 Å². The van der Waals surface area contributed by atoms with E-state index in [1.165, 1.54) is 22.3 Å². The van der Waals surface area contributed by atoms with Gasteiger partial charge in [-0.15, -0.1) is 0 Å². The van der Waals surface area contributed by atoms with E-state index in [-0.39, 0.29) is 11.6 Å². The van der Waals surface area contributed by atoms with E-state index < -0.39 is 0 Å². The highest BCUT2D eigenvalue weighted by Gasteiger charge is 1.95. The van der Waals surface area contributed by atoms with Crippen molar-refractivity contribution in [1.82, 2.24) is 6.15 Å². The molecule has 12 heavy (non-hydrogen) atoms. The summed E-state index contributed by atoms with van der Waals surface area (Å²) in [7, 11) is 0. The Labute approximate surface area is 74.5 Å². The summed E-state index contributed by atoms with van der Waals surface area (Å²) in [6.45, 7) is 8.62. The molecule has 5 N–H and O–H groups in total. The van der Waals surface area contributed by atoms with Gasteiger partial charge in [0, 0.05) is 0 Å². The summed E-state index contributed by atoms with van der Waals surface area (Å²) in [5.74, 6) is 0. The van der Waals surface area contributed by atoms with Crippen LogP contribution in [-0.4, -0.2) is 5.48 Å². The van der Waals surface area contributed by atoms with Crippen molar-refractivity contribution in [3.05, 3.63) is 34.4 Å². The topological polar surface area (TPSA) is 66.5 Å². The largest absolute Gasteiger partial charge is 0.412 e. The molecular formula is C10H19NO. The van der Waals surface area contributed by atoms with Crippen molar-refractivity contribution >= 4 is 0 Å². The first-order valence-electron chi connectivity index (χ1n) is 3.65. The molecule has 0 atom stereocenters. The lowest BCUT2D eigenvalue weighted by atomic mass is 10.0. The molecule has 1 rings (SSSR count). The minimum atomic E-state index is 0. The van der Waals surface area contributed by atoms with E-state index in [1.54, 1.807) is 0 Å². The summed E-state index contributed by atoms with van der Waals surface area (Å²) in [6.07, 6.45) is 0. The summed E-state index contributed by atoms with van der Waals surface area (Å²) in [4.78, 5) is 0. The number of hydrogen-bond acceptors (Lipinski definition) is 1. The van der Waals surface area contributed by atoms with Gasteiger partial charge in [0.15, 0.2) is 0 Å². The van der Waals surface area contributed by atoms with Gasteiger partial charge in [0.25, 0.3) is 0 Å². The molecular weight excluding hydrogens is 150 g/mol. The van der Waals surface area contributed by atoms with Gasteiger partial charge in [-0.3, -0.25) is 0 Å². The van der Waals surface area contributed by atoms with Crippen LogP contribution in [0.25, 0.3) is 0 Å². The predicted molar refractivity (Wildman–Crippen MR) is 54.0 cm³/mol. The smallest absolute Gasteiger partial charge is 0.0395 e. The van der Waals surface area contributed by atoms with Crippen molar-refractivity contribution in [3.63, 3.8) is 0 Å². The van der Waals surface area contributed by atoms with Crippen molar-refractivity contribution in [3.8, 4) is 0 Å². The highest BCUT2D eigenvalue weighted by molar-refractivity contribution is 5.35. The van der Waals surface area contributed by atoms with Crippen LogP contribution in [0.3, 0.4) is 0 Å². The van der Waals surface area contributed by atoms with Gasteiger partial charge in [-0.25, -0.2) is 0 Å². The van der Waals surface area contributed by atoms with Crippen molar-refractivity contribution in [2.24, 2.45) is 0 Å². The molecule has 0 bridgehead atoms. The van der Waals surface area contributed by atoms with Gasteiger partial charge in [0.1, 0.15) is 0 Å². The Balaban J connectivity index is 0. The van der Waals surface area contributed by atoms with Gasteiger partial charge in [-0.2, -0.15) is 0 Å². The zero-order valence-electron chi connectivity index (χ0n) is 8.36. The molecule has 0 radical (unpaired) electrons. The Morgan fingerprint density at radius 2 is 0.833 bits per heavy atom. The molecule has 0 aliphatic rings. The summed E-state index contributed by atoms with van der Waals surface area (Å²) >= 11 is 0. The zero-order chi connectivity index (χ0) is 7.72. The van der Waals surface area contributed by atoms with Crippen LogP contribution in [0.1, 0.15) is 22.3 Å². The van der Waals surface area contributed by atoms with Crippen LogP contribution < -0.4 is 6.15 Å². The van der Waals surface area contributed by atoms with Crippen LogP contribution in [0.2, 0.25) is 0 Å². The minimum Gasteiger partial charge on any atom is -0.412 e. The number of rotatable bonds is 0. The lowest BCUT2D eigenvalue weighted by Gasteiger charge is -2.04. The Bertz CT molecular complexity index is 206. The predicted octanol–water partition coefficient (Wildman–Crippen LogP) is 2.26.